The maximum atomic E-state index is 5.47. The van der Waals surface area contributed by atoms with Gasteiger partial charge in [-0.25, -0.2) is 9.97 Å². The molecule has 0 unspecified atom stereocenters. The molecule has 148 valence electrons. The van der Waals surface area contributed by atoms with Gasteiger partial charge in [-0.1, -0.05) is 19.1 Å². The molecule has 1 saturated heterocycles. The highest BCUT2D eigenvalue weighted by molar-refractivity contribution is 5.93. The van der Waals surface area contributed by atoms with Crippen LogP contribution in [0.2, 0.25) is 0 Å². The van der Waals surface area contributed by atoms with Gasteiger partial charge in [-0.15, -0.1) is 0 Å². The number of aromatic nitrogens is 2. The standard InChI is InChI=1S/C22H29N5O/c1-4-5-18(7-6-17(2)23-3)15-24-22-20-14-19(27-10-12-28-13-11-27)8-9-21(20)25-16-26-22/h5-9,14,16H,4,10-13,15H2,1-3H3,(H,24,25,26)/b7-6-,18-5-,23-17?. The van der Waals surface area contributed by atoms with E-state index in [0.717, 1.165) is 55.2 Å². The Balaban J connectivity index is 1.81. The minimum Gasteiger partial charge on any atom is -0.378 e. The number of rotatable bonds is 7. The van der Waals surface area contributed by atoms with E-state index in [-0.39, 0.29) is 0 Å². The highest BCUT2D eigenvalue weighted by Gasteiger charge is 2.13. The van der Waals surface area contributed by atoms with E-state index in [0.29, 0.717) is 6.54 Å². The first-order valence-electron chi connectivity index (χ1n) is 9.83. The Hall–Kier alpha value is -2.73. The molecular formula is C22H29N5O. The van der Waals surface area contributed by atoms with Gasteiger partial charge < -0.3 is 15.0 Å². The molecule has 3 rings (SSSR count). The van der Waals surface area contributed by atoms with Crippen molar-refractivity contribution in [2.45, 2.75) is 20.3 Å². The van der Waals surface area contributed by atoms with Crippen molar-refractivity contribution in [2.75, 3.05) is 50.1 Å². The van der Waals surface area contributed by atoms with Crippen LogP contribution in [0.5, 0.6) is 0 Å². The Bertz CT molecular complexity index is 882. The highest BCUT2D eigenvalue weighted by Crippen LogP contribution is 2.26. The third kappa shape index (κ3) is 5.16. The van der Waals surface area contributed by atoms with Gasteiger partial charge in [0.2, 0.25) is 0 Å². The number of benzene rings is 1. The molecule has 0 aliphatic carbocycles. The number of fused-ring (bicyclic) bond motifs is 1. The first kappa shape index (κ1) is 20.0. The molecule has 1 fully saturated rings. The van der Waals surface area contributed by atoms with Gasteiger partial charge in [0.15, 0.2) is 0 Å². The van der Waals surface area contributed by atoms with Crippen LogP contribution in [0.1, 0.15) is 20.3 Å². The number of allylic oxidation sites excluding steroid dienone is 2. The zero-order chi connectivity index (χ0) is 19.8. The van der Waals surface area contributed by atoms with Crippen molar-refractivity contribution in [1.82, 2.24) is 9.97 Å². The summed E-state index contributed by atoms with van der Waals surface area (Å²) < 4.78 is 5.47. The Morgan fingerprint density at radius 2 is 2.07 bits per heavy atom. The number of aliphatic imine (C=N–C) groups is 1. The second-order valence-corrected chi connectivity index (χ2v) is 6.76. The van der Waals surface area contributed by atoms with E-state index in [1.165, 1.54) is 11.3 Å². The van der Waals surface area contributed by atoms with Gasteiger partial charge in [-0.05, 0) is 43.2 Å². The smallest absolute Gasteiger partial charge is 0.137 e. The number of hydrogen-bond donors (Lipinski definition) is 1. The van der Waals surface area contributed by atoms with Crippen molar-refractivity contribution in [3.63, 3.8) is 0 Å². The Morgan fingerprint density at radius 1 is 1.25 bits per heavy atom. The van der Waals surface area contributed by atoms with Crippen LogP contribution >= 0.6 is 0 Å². The Labute approximate surface area is 167 Å². The summed E-state index contributed by atoms with van der Waals surface area (Å²) in [6.45, 7) is 8.21. The number of nitrogens with zero attached hydrogens (tertiary/aromatic N) is 4. The first-order chi connectivity index (χ1) is 13.7. The van der Waals surface area contributed by atoms with E-state index in [9.17, 15) is 0 Å². The maximum absolute atomic E-state index is 5.47. The summed E-state index contributed by atoms with van der Waals surface area (Å²) in [6, 6.07) is 6.37. The number of nitrogens with one attached hydrogen (secondary N) is 1. The van der Waals surface area contributed by atoms with Crippen LogP contribution in [0.4, 0.5) is 11.5 Å². The summed E-state index contributed by atoms with van der Waals surface area (Å²) in [5, 5.41) is 4.53. The number of anilines is 2. The lowest BCUT2D eigenvalue weighted by molar-refractivity contribution is 0.122. The minimum absolute atomic E-state index is 0.704. The van der Waals surface area contributed by atoms with E-state index < -0.39 is 0 Å². The van der Waals surface area contributed by atoms with Crippen LogP contribution in [0.3, 0.4) is 0 Å². The summed E-state index contributed by atoms with van der Waals surface area (Å²) in [4.78, 5) is 15.4. The molecule has 0 bridgehead atoms. The topological polar surface area (TPSA) is 62.6 Å². The molecule has 2 aromatic rings. The quantitative estimate of drug-likeness (QED) is 0.585. The SMILES string of the molecule is CC/C=C(/C=C\C(C)=NC)CNc1ncnc2ccc(N3CCOCC3)cc12. The monoisotopic (exact) mass is 379 g/mol. The summed E-state index contributed by atoms with van der Waals surface area (Å²) >= 11 is 0. The molecule has 1 aliphatic heterocycles. The molecule has 1 N–H and O–H groups in total. The molecule has 6 nitrogen and oxygen atoms in total. The van der Waals surface area contributed by atoms with Gasteiger partial charge in [-0.2, -0.15) is 0 Å². The number of morpholine rings is 1. The fraction of sp³-hybridized carbons (Fsp3) is 0.409. The molecule has 0 saturated carbocycles. The van der Waals surface area contributed by atoms with Crippen molar-refractivity contribution in [1.29, 1.82) is 0 Å². The number of hydrogen-bond acceptors (Lipinski definition) is 6. The zero-order valence-electron chi connectivity index (χ0n) is 17.0. The molecule has 28 heavy (non-hydrogen) atoms. The van der Waals surface area contributed by atoms with Crippen LogP contribution in [-0.4, -0.2) is 55.6 Å². The van der Waals surface area contributed by atoms with Gasteiger partial charge in [0, 0.05) is 43.5 Å². The fourth-order valence-corrected chi connectivity index (χ4v) is 3.15. The van der Waals surface area contributed by atoms with E-state index in [1.54, 1.807) is 13.4 Å². The normalized spacial score (nSPS) is 16.2. The fourth-order valence-electron chi connectivity index (χ4n) is 3.15. The van der Waals surface area contributed by atoms with E-state index >= 15 is 0 Å². The third-order valence-electron chi connectivity index (χ3n) is 4.81. The molecule has 1 aromatic heterocycles. The number of ether oxygens (including phenoxy) is 1. The Kier molecular flexibility index (Phi) is 7.14. The third-order valence-corrected chi connectivity index (χ3v) is 4.81. The average Bonchev–Trinajstić information content (AvgIpc) is 2.75. The molecule has 1 aromatic carbocycles. The van der Waals surface area contributed by atoms with Gasteiger partial charge in [0.05, 0.1) is 18.7 Å². The minimum atomic E-state index is 0.704. The second kappa shape index (κ2) is 9.99. The van der Waals surface area contributed by atoms with Crippen molar-refractivity contribution in [3.05, 3.63) is 48.3 Å². The summed E-state index contributed by atoms with van der Waals surface area (Å²) in [7, 11) is 1.81. The van der Waals surface area contributed by atoms with Crippen LogP contribution in [0.15, 0.2) is 53.3 Å². The van der Waals surface area contributed by atoms with E-state index in [2.05, 4.69) is 62.5 Å². The molecule has 0 radical (unpaired) electrons. The highest BCUT2D eigenvalue weighted by atomic mass is 16.5. The summed E-state index contributed by atoms with van der Waals surface area (Å²) in [5.41, 5.74) is 4.35. The summed E-state index contributed by atoms with van der Waals surface area (Å²) in [6.07, 6.45) is 8.97. The lowest BCUT2D eigenvalue weighted by Gasteiger charge is -2.29. The molecule has 0 amide bonds. The van der Waals surface area contributed by atoms with Crippen LogP contribution in [-0.2, 0) is 4.74 Å². The van der Waals surface area contributed by atoms with Crippen molar-refractivity contribution >= 4 is 28.1 Å². The molecule has 1 aliphatic rings. The van der Waals surface area contributed by atoms with Crippen molar-refractivity contribution in [3.8, 4) is 0 Å². The first-order valence-corrected chi connectivity index (χ1v) is 9.83. The van der Waals surface area contributed by atoms with Gasteiger partial charge in [0.25, 0.3) is 0 Å². The van der Waals surface area contributed by atoms with Gasteiger partial charge in [-0.3, -0.25) is 4.99 Å². The van der Waals surface area contributed by atoms with Crippen LogP contribution in [0, 0.1) is 0 Å². The molecule has 0 spiro atoms. The van der Waals surface area contributed by atoms with Crippen LogP contribution < -0.4 is 10.2 Å². The van der Waals surface area contributed by atoms with Crippen molar-refractivity contribution in [2.24, 2.45) is 4.99 Å². The van der Waals surface area contributed by atoms with E-state index in [4.69, 9.17) is 4.74 Å². The summed E-state index contributed by atoms with van der Waals surface area (Å²) in [5.74, 6) is 0.858. The lowest BCUT2D eigenvalue weighted by atomic mass is 10.1. The molecule has 0 atom stereocenters. The molecule has 6 heteroatoms. The lowest BCUT2D eigenvalue weighted by Crippen LogP contribution is -2.36. The van der Waals surface area contributed by atoms with Crippen LogP contribution in [0.25, 0.3) is 10.9 Å². The van der Waals surface area contributed by atoms with Gasteiger partial charge >= 0.3 is 0 Å². The molecular weight excluding hydrogens is 350 g/mol. The van der Waals surface area contributed by atoms with Crippen molar-refractivity contribution < 1.29 is 4.74 Å². The maximum Gasteiger partial charge on any atom is 0.137 e. The average molecular weight is 380 g/mol. The predicted octanol–water partition coefficient (Wildman–Crippen LogP) is 3.86. The van der Waals surface area contributed by atoms with E-state index in [1.807, 2.05) is 13.0 Å². The zero-order valence-corrected chi connectivity index (χ0v) is 17.0. The predicted molar refractivity (Wildman–Crippen MR) is 118 cm³/mol. The second-order valence-electron chi connectivity index (χ2n) is 6.76. The Morgan fingerprint density at radius 3 is 2.82 bits per heavy atom. The molecule has 2 heterocycles. The largest absolute Gasteiger partial charge is 0.378 e. The van der Waals surface area contributed by atoms with Gasteiger partial charge in [0.1, 0.15) is 12.1 Å².